The molecule has 1 aliphatic rings. The first-order chi connectivity index (χ1) is 10.2. The van der Waals surface area contributed by atoms with Gasteiger partial charge in [-0.2, -0.15) is 0 Å². The zero-order chi connectivity index (χ0) is 15.0. The van der Waals surface area contributed by atoms with Crippen molar-refractivity contribution in [3.05, 3.63) is 64.2 Å². The van der Waals surface area contributed by atoms with Crippen molar-refractivity contribution in [2.75, 3.05) is 14.2 Å². The zero-order valence-electron chi connectivity index (χ0n) is 13.2. The monoisotopic (exact) mass is 281 g/mol. The Morgan fingerprint density at radius 3 is 2.57 bits per heavy atom. The van der Waals surface area contributed by atoms with Crippen LogP contribution < -0.4 is 10.1 Å². The lowest BCUT2D eigenvalue weighted by Crippen LogP contribution is -2.31. The molecular weight excluding hydrogens is 258 g/mol. The van der Waals surface area contributed by atoms with Crippen LogP contribution in [0.15, 0.2) is 36.4 Å². The minimum absolute atomic E-state index is 0.300. The number of likely N-dealkylation sites (N-methyl/N-ethyl adjacent to an activating group) is 1. The molecule has 0 aliphatic heterocycles. The van der Waals surface area contributed by atoms with Crippen LogP contribution in [0, 0.1) is 13.8 Å². The van der Waals surface area contributed by atoms with E-state index < -0.39 is 0 Å². The van der Waals surface area contributed by atoms with Crippen molar-refractivity contribution in [2.45, 2.75) is 32.2 Å². The van der Waals surface area contributed by atoms with Crippen LogP contribution in [0.1, 0.15) is 39.8 Å². The molecule has 2 nitrogen and oxygen atoms in total. The Bertz CT molecular complexity index is 663. The van der Waals surface area contributed by atoms with Gasteiger partial charge in [0.05, 0.1) is 7.11 Å². The molecule has 110 valence electrons. The van der Waals surface area contributed by atoms with Crippen molar-refractivity contribution >= 4 is 0 Å². The first-order valence-corrected chi connectivity index (χ1v) is 7.56. The average Bonchev–Trinajstić information content (AvgIpc) is 2.48. The smallest absolute Gasteiger partial charge is 0.126 e. The van der Waals surface area contributed by atoms with Gasteiger partial charge in [0.2, 0.25) is 0 Å². The molecule has 1 N–H and O–H groups in total. The number of nitrogens with one attached hydrogen (secondary N) is 1. The molecule has 2 unspecified atom stereocenters. The van der Waals surface area contributed by atoms with E-state index in [9.17, 15) is 0 Å². The van der Waals surface area contributed by atoms with E-state index in [0.717, 1.165) is 12.2 Å². The fraction of sp³-hybridized carbons (Fsp3) is 0.368. The summed E-state index contributed by atoms with van der Waals surface area (Å²) in [4.78, 5) is 0. The maximum Gasteiger partial charge on any atom is 0.126 e. The lowest BCUT2D eigenvalue weighted by atomic mass is 9.71. The average molecular weight is 281 g/mol. The van der Waals surface area contributed by atoms with Crippen LogP contribution in [0.2, 0.25) is 0 Å². The molecule has 2 atom stereocenters. The fourth-order valence-electron chi connectivity index (χ4n) is 3.50. The Kier molecular flexibility index (Phi) is 3.73. The second kappa shape index (κ2) is 5.53. The zero-order valence-corrected chi connectivity index (χ0v) is 13.2. The second-order valence-electron chi connectivity index (χ2n) is 5.91. The Balaban J connectivity index is 2.01. The highest BCUT2D eigenvalue weighted by molar-refractivity contribution is 5.50. The Hall–Kier alpha value is -1.80. The summed E-state index contributed by atoms with van der Waals surface area (Å²) in [6.45, 7) is 4.27. The summed E-state index contributed by atoms with van der Waals surface area (Å²) in [5.41, 5.74) is 6.73. The van der Waals surface area contributed by atoms with Crippen LogP contribution >= 0.6 is 0 Å². The van der Waals surface area contributed by atoms with Crippen molar-refractivity contribution in [3.8, 4) is 5.75 Å². The molecule has 0 saturated heterocycles. The third-order valence-corrected chi connectivity index (χ3v) is 4.85. The molecule has 2 heteroatoms. The number of rotatable bonds is 4. The molecule has 0 spiro atoms. The quantitative estimate of drug-likeness (QED) is 0.917. The molecule has 0 radical (unpaired) electrons. The summed E-state index contributed by atoms with van der Waals surface area (Å²) in [6.07, 6.45) is 1.14. The molecule has 21 heavy (non-hydrogen) atoms. The van der Waals surface area contributed by atoms with Crippen molar-refractivity contribution < 1.29 is 4.74 Å². The largest absolute Gasteiger partial charge is 0.496 e. The molecular formula is C19H23NO. The number of benzene rings is 2. The lowest BCUT2D eigenvalue weighted by molar-refractivity contribution is 0.379. The van der Waals surface area contributed by atoms with Crippen LogP contribution in [-0.4, -0.2) is 14.2 Å². The molecule has 0 aromatic heterocycles. The van der Waals surface area contributed by atoms with Crippen molar-refractivity contribution in [1.82, 2.24) is 5.32 Å². The van der Waals surface area contributed by atoms with Gasteiger partial charge in [0.1, 0.15) is 5.75 Å². The van der Waals surface area contributed by atoms with E-state index in [4.69, 9.17) is 4.74 Å². The standard InChI is InChI=1S/C19H23NO/c1-12-9-10-16(19(21-4)13(12)2)18(20-3)17-11-14-7-5-6-8-15(14)17/h5-10,17-18,20H,11H2,1-4H3. The van der Waals surface area contributed by atoms with Gasteiger partial charge in [0, 0.05) is 17.5 Å². The number of hydrogen-bond donors (Lipinski definition) is 1. The molecule has 2 aromatic carbocycles. The lowest BCUT2D eigenvalue weighted by Gasteiger charge is -2.37. The minimum atomic E-state index is 0.300. The predicted octanol–water partition coefficient (Wildman–Crippen LogP) is 3.91. The van der Waals surface area contributed by atoms with E-state index in [1.165, 1.54) is 27.8 Å². The highest BCUT2D eigenvalue weighted by atomic mass is 16.5. The summed E-state index contributed by atoms with van der Waals surface area (Å²) in [5, 5.41) is 3.50. The highest BCUT2D eigenvalue weighted by Crippen LogP contribution is 2.46. The summed E-state index contributed by atoms with van der Waals surface area (Å²) in [5.74, 6) is 1.56. The number of ether oxygens (including phenoxy) is 1. The van der Waals surface area contributed by atoms with Crippen molar-refractivity contribution in [3.63, 3.8) is 0 Å². The van der Waals surface area contributed by atoms with Gasteiger partial charge in [0.25, 0.3) is 0 Å². The van der Waals surface area contributed by atoms with E-state index in [0.29, 0.717) is 12.0 Å². The van der Waals surface area contributed by atoms with Crippen LogP contribution in [0.3, 0.4) is 0 Å². The predicted molar refractivity (Wildman–Crippen MR) is 87.2 cm³/mol. The second-order valence-corrected chi connectivity index (χ2v) is 5.91. The Morgan fingerprint density at radius 2 is 1.90 bits per heavy atom. The summed E-state index contributed by atoms with van der Waals surface area (Å²) >= 11 is 0. The molecule has 0 fully saturated rings. The van der Waals surface area contributed by atoms with E-state index in [-0.39, 0.29) is 0 Å². The maximum absolute atomic E-state index is 5.71. The molecule has 2 aromatic rings. The Labute approximate surface area is 127 Å². The third-order valence-electron chi connectivity index (χ3n) is 4.85. The highest BCUT2D eigenvalue weighted by Gasteiger charge is 2.34. The molecule has 0 amide bonds. The number of methoxy groups -OCH3 is 1. The maximum atomic E-state index is 5.71. The number of aryl methyl sites for hydroxylation is 1. The van der Waals surface area contributed by atoms with Gasteiger partial charge in [-0.25, -0.2) is 0 Å². The van der Waals surface area contributed by atoms with Gasteiger partial charge < -0.3 is 10.1 Å². The van der Waals surface area contributed by atoms with Gasteiger partial charge >= 0.3 is 0 Å². The van der Waals surface area contributed by atoms with E-state index in [1.807, 2.05) is 7.05 Å². The summed E-state index contributed by atoms with van der Waals surface area (Å²) < 4.78 is 5.71. The van der Waals surface area contributed by atoms with Crippen LogP contribution in [0.4, 0.5) is 0 Å². The van der Waals surface area contributed by atoms with Gasteiger partial charge in [0.15, 0.2) is 0 Å². The van der Waals surface area contributed by atoms with Crippen LogP contribution in [-0.2, 0) is 6.42 Å². The first-order valence-electron chi connectivity index (χ1n) is 7.56. The van der Waals surface area contributed by atoms with Crippen molar-refractivity contribution in [2.24, 2.45) is 0 Å². The van der Waals surface area contributed by atoms with Gasteiger partial charge in [-0.1, -0.05) is 36.4 Å². The molecule has 0 bridgehead atoms. The SMILES string of the molecule is CNC(c1ccc(C)c(C)c1OC)C1Cc2ccccc21. The fourth-order valence-corrected chi connectivity index (χ4v) is 3.50. The van der Waals surface area contributed by atoms with Gasteiger partial charge in [-0.15, -0.1) is 0 Å². The number of hydrogen-bond acceptors (Lipinski definition) is 2. The van der Waals surface area contributed by atoms with E-state index in [2.05, 4.69) is 55.6 Å². The number of fused-ring (bicyclic) bond motifs is 1. The summed E-state index contributed by atoms with van der Waals surface area (Å²) in [7, 11) is 3.81. The molecule has 0 heterocycles. The third kappa shape index (κ3) is 2.24. The topological polar surface area (TPSA) is 21.3 Å². The minimum Gasteiger partial charge on any atom is -0.496 e. The van der Waals surface area contributed by atoms with Crippen molar-refractivity contribution in [1.29, 1.82) is 0 Å². The normalized spacial score (nSPS) is 17.8. The van der Waals surface area contributed by atoms with E-state index in [1.54, 1.807) is 7.11 Å². The molecule has 0 saturated carbocycles. The molecule has 1 aliphatic carbocycles. The van der Waals surface area contributed by atoms with E-state index >= 15 is 0 Å². The Morgan fingerprint density at radius 1 is 1.14 bits per heavy atom. The summed E-state index contributed by atoms with van der Waals surface area (Å²) in [6, 6.07) is 13.5. The first kappa shape index (κ1) is 14.2. The van der Waals surface area contributed by atoms with Crippen LogP contribution in [0.25, 0.3) is 0 Å². The molecule has 3 rings (SSSR count). The van der Waals surface area contributed by atoms with Gasteiger partial charge in [-0.3, -0.25) is 0 Å². The van der Waals surface area contributed by atoms with Gasteiger partial charge in [-0.05, 0) is 49.6 Å². The van der Waals surface area contributed by atoms with Crippen LogP contribution in [0.5, 0.6) is 5.75 Å².